The standard InChI is InChI=1S/C29H29N3O4S3/c1-37-24-10-13-26-27(17-24)38-29(30-26)32(19-23-7-4-16-36-23)28(33)21-8-11-25(12-9-21)39(34,35)31-15-14-20-5-2-3-6-22(20)18-31/h2-3,5-6,8-13,17,23H,4,7,14-16,18-19H2,1H3. The summed E-state index contributed by atoms with van der Waals surface area (Å²) >= 11 is 3.15. The van der Waals surface area contributed by atoms with Crippen molar-refractivity contribution < 1.29 is 17.9 Å². The van der Waals surface area contributed by atoms with Gasteiger partial charge in [0.25, 0.3) is 5.91 Å². The number of hydrogen-bond donors (Lipinski definition) is 0. The van der Waals surface area contributed by atoms with Crippen LogP contribution in [0.5, 0.6) is 0 Å². The van der Waals surface area contributed by atoms with Gasteiger partial charge in [0, 0.05) is 30.2 Å². The number of ether oxygens (including phenoxy) is 1. The Morgan fingerprint density at radius 2 is 1.92 bits per heavy atom. The number of hydrogen-bond acceptors (Lipinski definition) is 7. The van der Waals surface area contributed by atoms with Crippen LogP contribution in [-0.2, 0) is 27.7 Å². The highest BCUT2D eigenvalue weighted by Crippen LogP contribution is 2.33. The first-order chi connectivity index (χ1) is 18.9. The molecule has 4 aromatic rings. The van der Waals surface area contributed by atoms with E-state index in [1.165, 1.54) is 33.3 Å². The number of thioether (sulfide) groups is 1. The van der Waals surface area contributed by atoms with Crippen molar-refractivity contribution in [2.24, 2.45) is 0 Å². The van der Waals surface area contributed by atoms with Crippen molar-refractivity contribution in [3.63, 3.8) is 0 Å². The molecule has 1 aromatic heterocycles. The highest BCUT2D eigenvalue weighted by Gasteiger charge is 2.30. The van der Waals surface area contributed by atoms with Crippen LogP contribution in [0.1, 0.15) is 34.3 Å². The summed E-state index contributed by atoms with van der Waals surface area (Å²) in [7, 11) is -3.69. The number of amides is 1. The smallest absolute Gasteiger partial charge is 0.260 e. The van der Waals surface area contributed by atoms with Gasteiger partial charge in [0.1, 0.15) is 0 Å². The molecule has 6 rings (SSSR count). The molecule has 2 aliphatic heterocycles. The summed E-state index contributed by atoms with van der Waals surface area (Å²) in [6.07, 6.45) is 4.53. The van der Waals surface area contributed by atoms with Gasteiger partial charge in [0.05, 0.1) is 27.8 Å². The van der Waals surface area contributed by atoms with Gasteiger partial charge in [-0.05, 0) is 79.1 Å². The molecule has 0 N–H and O–H groups in total. The molecule has 0 spiro atoms. The molecule has 202 valence electrons. The van der Waals surface area contributed by atoms with Crippen LogP contribution in [0.4, 0.5) is 5.13 Å². The van der Waals surface area contributed by atoms with E-state index < -0.39 is 10.0 Å². The van der Waals surface area contributed by atoms with Gasteiger partial charge in [0.15, 0.2) is 5.13 Å². The molecule has 1 saturated heterocycles. The lowest BCUT2D eigenvalue weighted by Crippen LogP contribution is -2.37. The molecule has 0 bridgehead atoms. The van der Waals surface area contributed by atoms with E-state index in [9.17, 15) is 13.2 Å². The summed E-state index contributed by atoms with van der Waals surface area (Å²) < 4.78 is 35.2. The predicted molar refractivity (Wildman–Crippen MR) is 156 cm³/mol. The number of sulfonamides is 1. The SMILES string of the molecule is CSc1ccc2nc(N(CC3CCCO3)C(=O)c3ccc(S(=O)(=O)N4CCc5ccccc5C4)cc3)sc2c1. The first-order valence-corrected chi connectivity index (χ1v) is 16.5. The van der Waals surface area contributed by atoms with Gasteiger partial charge in [0.2, 0.25) is 10.0 Å². The van der Waals surface area contributed by atoms with Crippen LogP contribution in [0.25, 0.3) is 10.2 Å². The van der Waals surface area contributed by atoms with Crippen molar-refractivity contribution >= 4 is 54.4 Å². The van der Waals surface area contributed by atoms with Crippen molar-refractivity contribution in [2.45, 2.75) is 41.7 Å². The van der Waals surface area contributed by atoms with Crippen molar-refractivity contribution in [3.05, 3.63) is 83.4 Å². The molecule has 3 heterocycles. The van der Waals surface area contributed by atoms with Crippen LogP contribution in [0.3, 0.4) is 0 Å². The number of anilines is 1. The monoisotopic (exact) mass is 579 g/mol. The number of carbonyl (C=O) groups excluding carboxylic acids is 1. The Hall–Kier alpha value is -2.76. The second-order valence-electron chi connectivity index (χ2n) is 9.76. The zero-order chi connectivity index (χ0) is 27.0. The van der Waals surface area contributed by atoms with Gasteiger partial charge in [-0.25, -0.2) is 13.4 Å². The van der Waals surface area contributed by atoms with E-state index in [1.807, 2.05) is 36.6 Å². The van der Waals surface area contributed by atoms with E-state index in [0.29, 0.717) is 43.4 Å². The number of fused-ring (bicyclic) bond motifs is 2. The third-order valence-corrected chi connectivity index (χ3v) is 10.9. The summed E-state index contributed by atoms with van der Waals surface area (Å²) in [5, 5.41) is 0.618. The summed E-state index contributed by atoms with van der Waals surface area (Å²) in [5.74, 6) is -0.217. The Balaban J connectivity index is 1.26. The normalized spacial score (nSPS) is 17.8. The fourth-order valence-electron chi connectivity index (χ4n) is 5.12. The van der Waals surface area contributed by atoms with Crippen molar-refractivity contribution in [1.82, 2.24) is 9.29 Å². The molecule has 1 atom stereocenters. The fraction of sp³-hybridized carbons (Fsp3) is 0.310. The van der Waals surface area contributed by atoms with E-state index in [4.69, 9.17) is 9.72 Å². The molecule has 3 aromatic carbocycles. The Bertz CT molecular complexity index is 1610. The summed E-state index contributed by atoms with van der Waals surface area (Å²) in [6.45, 7) is 1.88. The minimum atomic E-state index is -3.69. The summed E-state index contributed by atoms with van der Waals surface area (Å²) in [4.78, 5) is 21.6. The van der Waals surface area contributed by atoms with Crippen LogP contribution in [0.2, 0.25) is 0 Å². The van der Waals surface area contributed by atoms with E-state index in [-0.39, 0.29) is 16.9 Å². The van der Waals surface area contributed by atoms with Crippen molar-refractivity contribution in [2.75, 3.05) is 30.9 Å². The maximum atomic E-state index is 13.8. The molecular formula is C29H29N3O4S3. The quantitative estimate of drug-likeness (QED) is 0.266. The van der Waals surface area contributed by atoms with Gasteiger partial charge in [-0.3, -0.25) is 9.69 Å². The van der Waals surface area contributed by atoms with Crippen LogP contribution in [0, 0.1) is 0 Å². The van der Waals surface area contributed by atoms with Crippen molar-refractivity contribution in [1.29, 1.82) is 0 Å². The third kappa shape index (κ3) is 5.36. The van der Waals surface area contributed by atoms with Crippen LogP contribution >= 0.6 is 23.1 Å². The topological polar surface area (TPSA) is 79.8 Å². The minimum absolute atomic E-state index is 0.0515. The zero-order valence-electron chi connectivity index (χ0n) is 21.6. The molecule has 0 saturated carbocycles. The maximum absolute atomic E-state index is 13.8. The van der Waals surface area contributed by atoms with Crippen LogP contribution in [0.15, 0.2) is 76.5 Å². The summed E-state index contributed by atoms with van der Waals surface area (Å²) in [6, 6.07) is 20.3. The lowest BCUT2D eigenvalue weighted by molar-refractivity contribution is 0.0917. The van der Waals surface area contributed by atoms with Gasteiger partial charge in [-0.2, -0.15) is 4.31 Å². The Morgan fingerprint density at radius 1 is 1.13 bits per heavy atom. The lowest BCUT2D eigenvalue weighted by atomic mass is 10.0. The number of rotatable bonds is 7. The highest BCUT2D eigenvalue weighted by atomic mass is 32.2. The van der Waals surface area contributed by atoms with E-state index in [0.717, 1.165) is 33.5 Å². The minimum Gasteiger partial charge on any atom is -0.376 e. The number of thiazole rings is 1. The second-order valence-corrected chi connectivity index (χ2v) is 13.6. The number of benzene rings is 3. The maximum Gasteiger partial charge on any atom is 0.260 e. The van der Waals surface area contributed by atoms with Crippen LogP contribution in [-0.4, -0.2) is 55.7 Å². The van der Waals surface area contributed by atoms with Crippen molar-refractivity contribution in [3.8, 4) is 0 Å². The average molecular weight is 580 g/mol. The largest absolute Gasteiger partial charge is 0.376 e. The Labute approximate surface area is 236 Å². The number of carbonyl (C=O) groups is 1. The molecule has 1 fully saturated rings. The number of nitrogens with zero attached hydrogens (tertiary/aromatic N) is 3. The molecule has 1 unspecified atom stereocenters. The third-order valence-electron chi connectivity index (χ3n) is 7.31. The molecule has 10 heteroatoms. The van der Waals surface area contributed by atoms with Crippen LogP contribution < -0.4 is 4.90 Å². The molecule has 0 radical (unpaired) electrons. The fourth-order valence-corrected chi connectivity index (χ4v) is 8.07. The molecule has 7 nitrogen and oxygen atoms in total. The molecule has 0 aliphatic carbocycles. The zero-order valence-corrected chi connectivity index (χ0v) is 24.0. The van der Waals surface area contributed by atoms with E-state index in [2.05, 4.69) is 12.1 Å². The molecule has 39 heavy (non-hydrogen) atoms. The summed E-state index contributed by atoms with van der Waals surface area (Å²) in [5.41, 5.74) is 3.49. The van der Waals surface area contributed by atoms with Gasteiger partial charge in [-0.1, -0.05) is 35.6 Å². The van der Waals surface area contributed by atoms with Gasteiger partial charge in [-0.15, -0.1) is 11.8 Å². The average Bonchev–Trinajstić information content (AvgIpc) is 3.64. The first kappa shape index (κ1) is 26.5. The first-order valence-electron chi connectivity index (χ1n) is 13.0. The Kier molecular flexibility index (Phi) is 7.47. The van der Waals surface area contributed by atoms with Gasteiger partial charge < -0.3 is 4.74 Å². The second kappa shape index (κ2) is 11.0. The number of aromatic nitrogens is 1. The Morgan fingerprint density at radius 3 is 2.67 bits per heavy atom. The molecular weight excluding hydrogens is 551 g/mol. The molecule has 2 aliphatic rings. The van der Waals surface area contributed by atoms with E-state index in [1.54, 1.807) is 28.8 Å². The van der Waals surface area contributed by atoms with Gasteiger partial charge >= 0.3 is 0 Å². The lowest BCUT2D eigenvalue weighted by Gasteiger charge is -2.28. The predicted octanol–water partition coefficient (Wildman–Crippen LogP) is 5.59. The molecule has 1 amide bonds. The highest BCUT2D eigenvalue weighted by molar-refractivity contribution is 7.98. The van der Waals surface area contributed by atoms with E-state index >= 15 is 0 Å².